The average Bonchev–Trinajstić information content (AvgIpc) is 2.36. The van der Waals surface area contributed by atoms with E-state index in [4.69, 9.17) is 0 Å². The molecule has 1 unspecified atom stereocenters. The van der Waals surface area contributed by atoms with Gasteiger partial charge in [-0.2, -0.15) is 17.0 Å². The minimum atomic E-state index is -3.59. The molecule has 0 saturated carbocycles. The first-order valence-electron chi connectivity index (χ1n) is 6.74. The maximum absolute atomic E-state index is 12.5. The molecule has 0 aromatic carbocycles. The van der Waals surface area contributed by atoms with Crippen molar-refractivity contribution in [3.05, 3.63) is 0 Å². The van der Waals surface area contributed by atoms with Crippen molar-refractivity contribution in [2.75, 3.05) is 45.7 Å². The molecule has 9 heteroatoms. The Morgan fingerprint density at radius 2 is 1.90 bits per heavy atom. The predicted molar refractivity (Wildman–Crippen MR) is 79.5 cm³/mol. The predicted octanol–water partition coefficient (Wildman–Crippen LogP) is -0.718. The molecule has 120 valence electrons. The fraction of sp³-hybridized carbons (Fsp3) is 1.00. The van der Waals surface area contributed by atoms with E-state index in [1.165, 1.54) is 11.4 Å². The molecule has 0 aromatic rings. The zero-order chi connectivity index (χ0) is 15.4. The van der Waals surface area contributed by atoms with Crippen LogP contribution in [0.1, 0.15) is 19.3 Å². The first kappa shape index (κ1) is 17.8. The van der Waals surface area contributed by atoms with Gasteiger partial charge in [-0.1, -0.05) is 6.42 Å². The number of nitrogens with zero attached hydrogens (tertiary/aromatic N) is 2. The molecule has 0 aliphatic carbocycles. The molecule has 7 nitrogen and oxygen atoms in total. The minimum absolute atomic E-state index is 0.00998. The summed E-state index contributed by atoms with van der Waals surface area (Å²) in [5.74, 6) is -0.159. The topological polar surface area (TPSA) is 86.8 Å². The summed E-state index contributed by atoms with van der Waals surface area (Å²) in [6.45, 7) is 1.10. The van der Waals surface area contributed by atoms with Crippen molar-refractivity contribution in [3.8, 4) is 0 Å². The summed E-state index contributed by atoms with van der Waals surface area (Å²) in [6.07, 6.45) is 3.81. The van der Waals surface area contributed by atoms with Gasteiger partial charge >= 0.3 is 0 Å². The van der Waals surface area contributed by atoms with Crippen LogP contribution in [0.5, 0.6) is 0 Å². The molecule has 20 heavy (non-hydrogen) atoms. The van der Waals surface area contributed by atoms with Crippen LogP contribution >= 0.6 is 0 Å². The van der Waals surface area contributed by atoms with Gasteiger partial charge in [0.05, 0.1) is 5.75 Å². The van der Waals surface area contributed by atoms with Gasteiger partial charge in [0.2, 0.25) is 0 Å². The Balaban J connectivity index is 2.79. The standard InChI is InChI=1S/C11H25N3O4S2/c1-12-10-11-6-4-5-7-14(11)20(17,18)13(2)8-9-19(3,15)16/h11-12H,4-10H2,1-3H3. The highest BCUT2D eigenvalue weighted by Crippen LogP contribution is 2.21. The number of sulfone groups is 1. The summed E-state index contributed by atoms with van der Waals surface area (Å²) in [4.78, 5) is 0. The van der Waals surface area contributed by atoms with Crippen LogP contribution in [-0.2, 0) is 20.0 Å². The van der Waals surface area contributed by atoms with E-state index >= 15 is 0 Å². The van der Waals surface area contributed by atoms with Gasteiger partial charge < -0.3 is 5.32 Å². The molecule has 1 heterocycles. The Morgan fingerprint density at radius 3 is 2.45 bits per heavy atom. The summed E-state index contributed by atoms with van der Waals surface area (Å²) in [7, 11) is -3.53. The first-order chi connectivity index (χ1) is 9.18. The lowest BCUT2D eigenvalue weighted by atomic mass is 10.1. The van der Waals surface area contributed by atoms with Crippen LogP contribution in [0.4, 0.5) is 0 Å². The van der Waals surface area contributed by atoms with Crippen molar-refractivity contribution in [1.29, 1.82) is 0 Å². The number of likely N-dealkylation sites (N-methyl/N-ethyl adjacent to an activating group) is 1. The van der Waals surface area contributed by atoms with Gasteiger partial charge in [-0.05, 0) is 19.9 Å². The van der Waals surface area contributed by atoms with Crippen LogP contribution in [0.3, 0.4) is 0 Å². The van der Waals surface area contributed by atoms with Crippen LogP contribution in [0.15, 0.2) is 0 Å². The Hall–Kier alpha value is -0.220. The summed E-state index contributed by atoms with van der Waals surface area (Å²) in [5, 5.41) is 3.01. The molecule has 0 spiro atoms. The molecule has 0 radical (unpaired) electrons. The Kier molecular flexibility index (Phi) is 6.39. The van der Waals surface area contributed by atoms with Crippen LogP contribution in [0.2, 0.25) is 0 Å². The third kappa shape index (κ3) is 4.96. The molecule has 1 saturated heterocycles. The highest BCUT2D eigenvalue weighted by Gasteiger charge is 2.34. The fourth-order valence-corrected chi connectivity index (χ4v) is 4.62. The van der Waals surface area contributed by atoms with E-state index in [0.717, 1.165) is 29.8 Å². The van der Waals surface area contributed by atoms with E-state index in [1.54, 1.807) is 7.05 Å². The number of hydrogen-bond acceptors (Lipinski definition) is 5. The Bertz CT molecular complexity index is 502. The van der Waals surface area contributed by atoms with Crippen molar-refractivity contribution < 1.29 is 16.8 Å². The van der Waals surface area contributed by atoms with E-state index < -0.39 is 20.0 Å². The highest BCUT2D eigenvalue weighted by molar-refractivity contribution is 7.90. The molecule has 0 amide bonds. The summed E-state index contributed by atoms with van der Waals surface area (Å²) < 4.78 is 50.0. The van der Waals surface area contributed by atoms with Crippen molar-refractivity contribution in [1.82, 2.24) is 13.9 Å². The fourth-order valence-electron chi connectivity index (χ4n) is 2.31. The second kappa shape index (κ2) is 7.17. The van der Waals surface area contributed by atoms with Crippen LogP contribution in [0, 0.1) is 0 Å². The van der Waals surface area contributed by atoms with Gasteiger partial charge in [-0.3, -0.25) is 0 Å². The second-order valence-electron chi connectivity index (χ2n) is 5.28. The van der Waals surface area contributed by atoms with Crippen LogP contribution in [0.25, 0.3) is 0 Å². The molecule has 1 fully saturated rings. The molecule has 0 aromatic heterocycles. The number of piperidine rings is 1. The lowest BCUT2D eigenvalue weighted by Gasteiger charge is -2.36. The monoisotopic (exact) mass is 327 g/mol. The zero-order valence-electron chi connectivity index (χ0n) is 12.4. The van der Waals surface area contributed by atoms with Gasteiger partial charge in [0.25, 0.3) is 10.2 Å². The molecule has 1 aliphatic heterocycles. The van der Waals surface area contributed by atoms with E-state index in [2.05, 4.69) is 5.32 Å². The van der Waals surface area contributed by atoms with Gasteiger partial charge in [0.1, 0.15) is 9.84 Å². The SMILES string of the molecule is CNCC1CCCCN1S(=O)(=O)N(C)CCS(C)(=O)=O. The molecule has 1 rings (SSSR count). The van der Waals surface area contributed by atoms with Crippen molar-refractivity contribution in [2.24, 2.45) is 0 Å². The zero-order valence-corrected chi connectivity index (χ0v) is 14.0. The maximum atomic E-state index is 12.5. The lowest BCUT2D eigenvalue weighted by Crippen LogP contribution is -2.53. The third-order valence-electron chi connectivity index (χ3n) is 3.48. The molecule has 1 aliphatic rings. The van der Waals surface area contributed by atoms with E-state index in [0.29, 0.717) is 13.1 Å². The van der Waals surface area contributed by atoms with Gasteiger partial charge in [-0.15, -0.1) is 0 Å². The lowest BCUT2D eigenvalue weighted by molar-refractivity contribution is 0.234. The van der Waals surface area contributed by atoms with Crippen molar-refractivity contribution in [3.63, 3.8) is 0 Å². The third-order valence-corrected chi connectivity index (χ3v) is 6.45. The molecular weight excluding hydrogens is 302 g/mol. The maximum Gasteiger partial charge on any atom is 0.282 e. The average molecular weight is 327 g/mol. The smallest absolute Gasteiger partial charge is 0.282 e. The number of rotatable bonds is 7. The van der Waals surface area contributed by atoms with Gasteiger partial charge in [-0.25, -0.2) is 8.42 Å². The molecule has 0 bridgehead atoms. The van der Waals surface area contributed by atoms with Crippen LogP contribution in [-0.4, -0.2) is 77.2 Å². The van der Waals surface area contributed by atoms with E-state index in [1.807, 2.05) is 0 Å². The van der Waals surface area contributed by atoms with Crippen molar-refractivity contribution >= 4 is 20.0 Å². The Morgan fingerprint density at radius 1 is 1.25 bits per heavy atom. The minimum Gasteiger partial charge on any atom is -0.318 e. The Labute approximate surface area is 122 Å². The summed E-state index contributed by atoms with van der Waals surface area (Å²) >= 11 is 0. The molecule has 1 N–H and O–H groups in total. The normalized spacial score (nSPS) is 22.3. The number of hydrogen-bond donors (Lipinski definition) is 1. The van der Waals surface area contributed by atoms with Crippen LogP contribution < -0.4 is 5.32 Å². The van der Waals surface area contributed by atoms with Gasteiger partial charge in [0.15, 0.2) is 0 Å². The first-order valence-corrected chi connectivity index (χ1v) is 10.2. The largest absolute Gasteiger partial charge is 0.318 e. The number of nitrogens with one attached hydrogen (secondary N) is 1. The van der Waals surface area contributed by atoms with E-state index in [-0.39, 0.29) is 18.3 Å². The molecule has 1 atom stereocenters. The highest BCUT2D eigenvalue weighted by atomic mass is 32.2. The second-order valence-corrected chi connectivity index (χ2v) is 9.52. The molecular formula is C11H25N3O4S2. The van der Waals surface area contributed by atoms with Gasteiger partial charge in [0, 0.05) is 39.0 Å². The van der Waals surface area contributed by atoms with E-state index in [9.17, 15) is 16.8 Å². The summed E-state index contributed by atoms with van der Waals surface area (Å²) in [6, 6.07) is -0.0561. The van der Waals surface area contributed by atoms with Crippen molar-refractivity contribution in [2.45, 2.75) is 25.3 Å². The quantitative estimate of drug-likeness (QED) is 0.667. The summed E-state index contributed by atoms with van der Waals surface area (Å²) in [5.41, 5.74) is 0.